The summed E-state index contributed by atoms with van der Waals surface area (Å²) < 4.78 is 1.95. The van der Waals surface area contributed by atoms with Crippen molar-refractivity contribution in [3.8, 4) is 0 Å². The third-order valence-electron chi connectivity index (χ3n) is 3.29. The van der Waals surface area contributed by atoms with Gasteiger partial charge in [-0.05, 0) is 36.4 Å². The van der Waals surface area contributed by atoms with Crippen LogP contribution in [-0.2, 0) is 7.05 Å². The fourth-order valence-corrected chi connectivity index (χ4v) is 2.71. The lowest BCUT2D eigenvalue weighted by molar-refractivity contribution is 0.315. The van der Waals surface area contributed by atoms with Crippen molar-refractivity contribution in [3.05, 3.63) is 21.0 Å². The van der Waals surface area contributed by atoms with Gasteiger partial charge in [0, 0.05) is 26.2 Å². The first-order valence-electron chi connectivity index (χ1n) is 5.64. The van der Waals surface area contributed by atoms with Crippen LogP contribution in [0.25, 0.3) is 0 Å². The van der Waals surface area contributed by atoms with Crippen LogP contribution in [0.2, 0.25) is 0 Å². The van der Waals surface area contributed by atoms with Crippen LogP contribution in [0.1, 0.15) is 6.42 Å². The molecule has 6 heteroatoms. The largest absolute Gasteiger partial charge is 0.368 e. The smallest absolute Gasteiger partial charge is 0.282 e. The van der Waals surface area contributed by atoms with Gasteiger partial charge in [-0.1, -0.05) is 0 Å². The van der Waals surface area contributed by atoms with Gasteiger partial charge in [-0.2, -0.15) is 5.10 Å². The van der Waals surface area contributed by atoms with Gasteiger partial charge in [0.2, 0.25) is 0 Å². The molecule has 1 aromatic rings. The van der Waals surface area contributed by atoms with Gasteiger partial charge in [-0.15, -0.1) is 0 Å². The van der Waals surface area contributed by atoms with Gasteiger partial charge >= 0.3 is 0 Å². The average Bonchev–Trinajstić information content (AvgIpc) is 2.75. The Morgan fingerprint density at radius 2 is 2.24 bits per heavy atom. The van der Waals surface area contributed by atoms with E-state index in [9.17, 15) is 4.79 Å². The number of aryl methyl sites for hydroxylation is 1. The van der Waals surface area contributed by atoms with Crippen LogP contribution in [0.5, 0.6) is 0 Å². The Morgan fingerprint density at radius 1 is 1.53 bits per heavy atom. The highest BCUT2D eigenvalue weighted by atomic mass is 79.9. The van der Waals surface area contributed by atoms with Crippen molar-refractivity contribution in [2.75, 3.05) is 32.1 Å². The van der Waals surface area contributed by atoms with Gasteiger partial charge in [0.1, 0.15) is 4.47 Å². The number of hydrogen-bond acceptors (Lipinski definition) is 4. The Bertz CT molecular complexity index is 471. The van der Waals surface area contributed by atoms with Gasteiger partial charge in [0.15, 0.2) is 0 Å². The van der Waals surface area contributed by atoms with Crippen LogP contribution in [0.4, 0.5) is 5.69 Å². The first-order chi connectivity index (χ1) is 8.00. The van der Waals surface area contributed by atoms with Crippen LogP contribution in [0.15, 0.2) is 15.5 Å². The molecule has 94 valence electrons. The molecule has 0 saturated carbocycles. The standard InChI is InChI=1S/C11H17BrN4O/c1-14(2)8-4-5-16(7-8)9-6-13-15(3)11(17)10(9)12/h6,8H,4-5,7H2,1-3H3. The molecule has 1 aromatic heterocycles. The van der Waals surface area contributed by atoms with E-state index in [0.717, 1.165) is 25.2 Å². The Labute approximate surface area is 109 Å². The lowest BCUT2D eigenvalue weighted by atomic mass is 10.2. The number of likely N-dealkylation sites (N-methyl/N-ethyl adjacent to an activating group) is 1. The van der Waals surface area contributed by atoms with Crippen molar-refractivity contribution in [3.63, 3.8) is 0 Å². The highest BCUT2D eigenvalue weighted by Gasteiger charge is 2.26. The van der Waals surface area contributed by atoms with E-state index in [-0.39, 0.29) is 5.56 Å². The molecule has 0 aliphatic carbocycles. The van der Waals surface area contributed by atoms with Crippen molar-refractivity contribution in [2.24, 2.45) is 7.05 Å². The minimum atomic E-state index is -0.0872. The van der Waals surface area contributed by atoms with E-state index in [0.29, 0.717) is 10.5 Å². The highest BCUT2D eigenvalue weighted by Crippen LogP contribution is 2.26. The maximum Gasteiger partial charge on any atom is 0.282 e. The Kier molecular flexibility index (Phi) is 3.53. The second-order valence-electron chi connectivity index (χ2n) is 4.62. The summed E-state index contributed by atoms with van der Waals surface area (Å²) in [5.74, 6) is 0. The fourth-order valence-electron chi connectivity index (χ4n) is 2.10. The summed E-state index contributed by atoms with van der Waals surface area (Å²) in [6.07, 6.45) is 2.87. The predicted octanol–water partition coefficient (Wildman–Crippen LogP) is 0.683. The fraction of sp³-hybridized carbons (Fsp3) is 0.636. The average molecular weight is 301 g/mol. The Morgan fingerprint density at radius 3 is 2.82 bits per heavy atom. The summed E-state index contributed by atoms with van der Waals surface area (Å²) in [5, 5.41) is 4.07. The summed E-state index contributed by atoms with van der Waals surface area (Å²) in [4.78, 5) is 16.2. The molecule has 0 bridgehead atoms. The van der Waals surface area contributed by atoms with E-state index < -0.39 is 0 Å². The molecule has 0 N–H and O–H groups in total. The molecule has 0 spiro atoms. The molecule has 17 heavy (non-hydrogen) atoms. The summed E-state index contributed by atoms with van der Waals surface area (Å²) in [6.45, 7) is 1.91. The zero-order chi connectivity index (χ0) is 12.6. The number of hydrogen-bond donors (Lipinski definition) is 0. The molecule has 2 heterocycles. The van der Waals surface area contributed by atoms with E-state index in [4.69, 9.17) is 0 Å². The molecule has 1 aliphatic heterocycles. The van der Waals surface area contributed by atoms with Crippen LogP contribution < -0.4 is 10.5 Å². The molecule has 1 aliphatic rings. The molecule has 1 fully saturated rings. The van der Waals surface area contributed by atoms with Crippen molar-refractivity contribution < 1.29 is 0 Å². The molecule has 1 saturated heterocycles. The van der Waals surface area contributed by atoms with Gasteiger partial charge in [-0.25, -0.2) is 4.68 Å². The minimum absolute atomic E-state index is 0.0872. The Hall–Kier alpha value is -0.880. The van der Waals surface area contributed by atoms with E-state index in [1.165, 1.54) is 4.68 Å². The summed E-state index contributed by atoms with van der Waals surface area (Å²) in [7, 11) is 5.83. The SMILES string of the molecule is CN(C)C1CCN(c2cnn(C)c(=O)c2Br)C1. The zero-order valence-corrected chi connectivity index (χ0v) is 11.9. The third-order valence-corrected chi connectivity index (χ3v) is 4.04. The maximum atomic E-state index is 11.8. The van der Waals surface area contributed by atoms with E-state index in [2.05, 4.69) is 44.9 Å². The number of aromatic nitrogens is 2. The van der Waals surface area contributed by atoms with E-state index >= 15 is 0 Å². The molecular weight excluding hydrogens is 284 g/mol. The highest BCUT2D eigenvalue weighted by molar-refractivity contribution is 9.10. The van der Waals surface area contributed by atoms with Crippen LogP contribution >= 0.6 is 15.9 Å². The number of halogens is 1. The molecular formula is C11H17BrN4O. The van der Waals surface area contributed by atoms with E-state index in [1.54, 1.807) is 13.2 Å². The van der Waals surface area contributed by atoms with Crippen molar-refractivity contribution >= 4 is 21.6 Å². The molecule has 0 amide bonds. The minimum Gasteiger partial charge on any atom is -0.368 e. The topological polar surface area (TPSA) is 41.4 Å². The van der Waals surface area contributed by atoms with Gasteiger partial charge in [0.25, 0.3) is 5.56 Å². The quantitative estimate of drug-likeness (QED) is 0.806. The first kappa shape index (κ1) is 12.6. The van der Waals surface area contributed by atoms with Gasteiger partial charge < -0.3 is 9.80 Å². The zero-order valence-electron chi connectivity index (χ0n) is 10.4. The van der Waals surface area contributed by atoms with Crippen molar-refractivity contribution in [2.45, 2.75) is 12.5 Å². The second kappa shape index (κ2) is 4.78. The van der Waals surface area contributed by atoms with Crippen LogP contribution in [0, 0.1) is 0 Å². The van der Waals surface area contributed by atoms with Gasteiger partial charge in [0.05, 0.1) is 11.9 Å². The number of anilines is 1. The predicted molar refractivity (Wildman–Crippen MR) is 71.5 cm³/mol. The molecule has 1 unspecified atom stereocenters. The lowest BCUT2D eigenvalue weighted by Gasteiger charge is -2.22. The monoisotopic (exact) mass is 300 g/mol. The molecule has 2 rings (SSSR count). The number of nitrogens with zero attached hydrogens (tertiary/aromatic N) is 4. The molecule has 0 radical (unpaired) electrons. The molecule has 1 atom stereocenters. The normalized spacial score (nSPS) is 20.3. The summed E-state index contributed by atoms with van der Waals surface area (Å²) >= 11 is 3.37. The van der Waals surface area contributed by atoms with Crippen molar-refractivity contribution in [1.82, 2.24) is 14.7 Å². The summed E-state index contributed by atoms with van der Waals surface area (Å²) in [6, 6.07) is 0.547. The summed E-state index contributed by atoms with van der Waals surface area (Å²) in [5.41, 5.74) is 0.813. The molecule has 5 nitrogen and oxygen atoms in total. The number of rotatable bonds is 2. The first-order valence-corrected chi connectivity index (χ1v) is 6.43. The maximum absolute atomic E-state index is 11.8. The van der Waals surface area contributed by atoms with Crippen LogP contribution in [-0.4, -0.2) is 47.9 Å². The lowest BCUT2D eigenvalue weighted by Crippen LogP contribution is -2.32. The Balaban J connectivity index is 2.25. The van der Waals surface area contributed by atoms with Crippen molar-refractivity contribution in [1.29, 1.82) is 0 Å². The second-order valence-corrected chi connectivity index (χ2v) is 5.42. The van der Waals surface area contributed by atoms with E-state index in [1.807, 2.05) is 0 Å². The molecule has 0 aromatic carbocycles. The van der Waals surface area contributed by atoms with Crippen LogP contribution in [0.3, 0.4) is 0 Å². The van der Waals surface area contributed by atoms with Gasteiger partial charge in [-0.3, -0.25) is 4.79 Å². The third kappa shape index (κ3) is 2.37.